The van der Waals surface area contributed by atoms with Crippen LogP contribution in [0.1, 0.15) is 56.9 Å². The first-order chi connectivity index (χ1) is 16.8. The van der Waals surface area contributed by atoms with Gasteiger partial charge in [-0.1, -0.05) is 24.2 Å². The average molecular weight is 483 g/mol. The SMILES string of the molecule is C1CCOC1.C1CCOC1.C1CCOC1.C1CCOC1.[Li+].[NH-]C(C=O)Cc1c[nH]c2ccccc12. The zero-order valence-electron chi connectivity index (χ0n) is 21.6. The van der Waals surface area contributed by atoms with Crippen LogP contribution >= 0.6 is 0 Å². The van der Waals surface area contributed by atoms with Crippen LogP contribution < -0.4 is 18.9 Å². The van der Waals surface area contributed by atoms with Crippen LogP contribution in [0.25, 0.3) is 16.6 Å². The van der Waals surface area contributed by atoms with Crippen molar-refractivity contribution >= 4 is 17.2 Å². The third-order valence-corrected chi connectivity index (χ3v) is 5.59. The molecule has 2 aromatic rings. The molecular weight excluding hydrogens is 439 g/mol. The Kier molecular flexibility index (Phi) is 20.1. The number of hydrogen-bond acceptors (Lipinski definition) is 5. The largest absolute Gasteiger partial charge is 1.00 e. The predicted octanol–water partition coefficient (Wildman–Crippen LogP) is 2.52. The van der Waals surface area contributed by atoms with Gasteiger partial charge < -0.3 is 34.5 Å². The number of rotatable bonds is 3. The molecule has 2 N–H and O–H groups in total. The number of nitrogens with one attached hydrogen (secondary N) is 2. The summed E-state index contributed by atoms with van der Waals surface area (Å²) in [7, 11) is 0. The summed E-state index contributed by atoms with van der Waals surface area (Å²) in [6.07, 6.45) is 13.2. The third kappa shape index (κ3) is 15.5. The topological polar surface area (TPSA) is 93.6 Å². The molecule has 5 heterocycles. The molecule has 4 fully saturated rings. The molecule has 1 atom stereocenters. The molecule has 0 bridgehead atoms. The molecule has 0 aliphatic carbocycles. The van der Waals surface area contributed by atoms with Crippen molar-refractivity contribution in [2.24, 2.45) is 0 Å². The normalized spacial score (nSPS) is 18.9. The second-order valence-corrected chi connectivity index (χ2v) is 8.58. The fourth-order valence-electron chi connectivity index (χ4n) is 3.63. The Morgan fingerprint density at radius 1 is 0.743 bits per heavy atom. The van der Waals surface area contributed by atoms with Crippen molar-refractivity contribution < 1.29 is 42.6 Å². The predicted molar refractivity (Wildman–Crippen MR) is 136 cm³/mol. The van der Waals surface area contributed by atoms with E-state index in [9.17, 15) is 4.79 Å². The zero-order chi connectivity index (χ0) is 24.1. The Hall–Kier alpha value is -1.17. The van der Waals surface area contributed by atoms with E-state index in [4.69, 9.17) is 24.7 Å². The minimum atomic E-state index is -0.658. The number of ether oxygens (including phenoxy) is 4. The van der Waals surface area contributed by atoms with E-state index >= 15 is 0 Å². The maximum absolute atomic E-state index is 10.4. The van der Waals surface area contributed by atoms with Crippen LogP contribution in [0.3, 0.4) is 0 Å². The number of para-hydroxylation sites is 1. The second-order valence-electron chi connectivity index (χ2n) is 8.58. The van der Waals surface area contributed by atoms with Crippen molar-refractivity contribution in [2.75, 3.05) is 52.9 Å². The van der Waals surface area contributed by atoms with Gasteiger partial charge >= 0.3 is 18.9 Å². The van der Waals surface area contributed by atoms with E-state index in [1.807, 2.05) is 30.5 Å². The fraction of sp³-hybridized carbons (Fsp3) is 0.667. The molecule has 4 aliphatic heterocycles. The summed E-state index contributed by atoms with van der Waals surface area (Å²) < 4.78 is 19.8. The van der Waals surface area contributed by atoms with Gasteiger partial charge in [-0.25, -0.2) is 0 Å². The molecule has 4 saturated heterocycles. The number of aldehydes is 1. The third-order valence-electron chi connectivity index (χ3n) is 5.59. The van der Waals surface area contributed by atoms with Gasteiger partial charge in [-0.2, -0.15) is 0 Å². The van der Waals surface area contributed by atoms with Gasteiger partial charge in [-0.05, 0) is 69.4 Å². The van der Waals surface area contributed by atoms with E-state index in [0.29, 0.717) is 12.7 Å². The van der Waals surface area contributed by atoms with Crippen molar-refractivity contribution in [2.45, 2.75) is 63.8 Å². The van der Waals surface area contributed by atoms with Gasteiger partial charge in [0.1, 0.15) is 6.29 Å². The number of benzene rings is 1. The Morgan fingerprint density at radius 3 is 1.49 bits per heavy atom. The molecule has 35 heavy (non-hydrogen) atoms. The number of aromatic amines is 1. The number of carbonyl (C=O) groups is 1. The van der Waals surface area contributed by atoms with Crippen molar-refractivity contribution in [3.8, 4) is 0 Å². The Bertz CT molecular complexity index is 672. The van der Waals surface area contributed by atoms with Gasteiger partial charge in [-0.3, -0.25) is 0 Å². The Labute approximate surface area is 223 Å². The summed E-state index contributed by atoms with van der Waals surface area (Å²) in [5.41, 5.74) is 9.48. The average Bonchev–Trinajstić information content (AvgIpc) is 3.71. The summed E-state index contributed by atoms with van der Waals surface area (Å²) in [6, 6.07) is 7.24. The molecule has 0 saturated carbocycles. The summed E-state index contributed by atoms with van der Waals surface area (Å²) >= 11 is 0. The number of aromatic nitrogens is 1. The summed E-state index contributed by atoms with van der Waals surface area (Å²) in [5, 5.41) is 1.10. The smallest absolute Gasteiger partial charge is 0.668 e. The van der Waals surface area contributed by atoms with Crippen LogP contribution in [0, 0.1) is 0 Å². The van der Waals surface area contributed by atoms with Crippen LogP contribution in [0.15, 0.2) is 30.5 Å². The maximum Gasteiger partial charge on any atom is 1.00 e. The molecule has 4 aliphatic rings. The summed E-state index contributed by atoms with van der Waals surface area (Å²) in [4.78, 5) is 13.5. The number of fused-ring (bicyclic) bond motifs is 1. The van der Waals surface area contributed by atoms with Gasteiger partial charge in [0.15, 0.2) is 0 Å². The molecule has 1 aromatic carbocycles. The van der Waals surface area contributed by atoms with E-state index in [-0.39, 0.29) is 18.9 Å². The standard InChI is InChI=1S/C11H11N2O.4C4H8O.Li/c12-9(7-14)5-8-6-13-11-4-2-1-3-10(8)11;4*1-2-4-5-3-1;/h1-4,6-7,9,12-13H,5H2;4*1-4H2;/q-1;;;;;+1. The number of carbonyl (C=O) groups excluding carboxylic acids is 1. The molecule has 1 aromatic heterocycles. The molecule has 8 heteroatoms. The van der Waals surface area contributed by atoms with Gasteiger partial charge in [0, 0.05) is 70.0 Å². The Morgan fingerprint density at radius 2 is 1.14 bits per heavy atom. The minimum Gasteiger partial charge on any atom is -0.668 e. The maximum atomic E-state index is 10.4. The summed E-state index contributed by atoms with van der Waals surface area (Å²) in [6.45, 7) is 8.00. The molecule has 0 spiro atoms. The Balaban J connectivity index is 0.000000242. The van der Waals surface area contributed by atoms with E-state index in [2.05, 4.69) is 4.98 Å². The van der Waals surface area contributed by atoms with Crippen LogP contribution in [0.2, 0.25) is 0 Å². The molecule has 0 amide bonds. The molecule has 6 rings (SSSR count). The first kappa shape index (κ1) is 31.9. The molecule has 1 unspecified atom stereocenters. The van der Waals surface area contributed by atoms with Crippen LogP contribution in [-0.4, -0.2) is 70.2 Å². The second kappa shape index (κ2) is 22.1. The minimum absolute atomic E-state index is 0. The zero-order valence-corrected chi connectivity index (χ0v) is 21.6. The summed E-state index contributed by atoms with van der Waals surface area (Å²) in [5.74, 6) is 0. The first-order valence-corrected chi connectivity index (χ1v) is 12.8. The van der Waals surface area contributed by atoms with Crippen molar-refractivity contribution in [3.05, 3.63) is 41.8 Å². The van der Waals surface area contributed by atoms with Crippen molar-refractivity contribution in [1.29, 1.82) is 0 Å². The molecule has 0 radical (unpaired) electrons. The van der Waals surface area contributed by atoms with Crippen LogP contribution in [0.5, 0.6) is 0 Å². The number of H-pyrrole nitrogens is 1. The van der Waals surface area contributed by atoms with Gasteiger partial charge in [0.05, 0.1) is 0 Å². The fourth-order valence-corrected chi connectivity index (χ4v) is 3.63. The number of hydrogen-bond donors (Lipinski definition) is 1. The molecular formula is C27H43LiN2O5. The van der Waals surface area contributed by atoms with E-state index in [0.717, 1.165) is 69.3 Å². The first-order valence-electron chi connectivity index (χ1n) is 12.8. The quantitative estimate of drug-likeness (QED) is 0.536. The van der Waals surface area contributed by atoms with Gasteiger partial charge in [0.25, 0.3) is 0 Å². The van der Waals surface area contributed by atoms with Crippen molar-refractivity contribution in [3.63, 3.8) is 0 Å². The van der Waals surface area contributed by atoms with E-state index in [1.165, 1.54) is 51.4 Å². The van der Waals surface area contributed by atoms with Crippen LogP contribution in [0.4, 0.5) is 0 Å². The molecule has 7 nitrogen and oxygen atoms in total. The van der Waals surface area contributed by atoms with Crippen LogP contribution in [-0.2, 0) is 30.2 Å². The van der Waals surface area contributed by atoms with E-state index < -0.39 is 6.04 Å². The monoisotopic (exact) mass is 482 g/mol. The van der Waals surface area contributed by atoms with Gasteiger partial charge in [-0.15, -0.1) is 0 Å². The molecule has 192 valence electrons. The van der Waals surface area contributed by atoms with Crippen molar-refractivity contribution in [1.82, 2.24) is 4.98 Å². The van der Waals surface area contributed by atoms with E-state index in [1.54, 1.807) is 0 Å². The van der Waals surface area contributed by atoms with Gasteiger partial charge in [0.2, 0.25) is 0 Å².